The molecule has 0 amide bonds. The summed E-state index contributed by atoms with van der Waals surface area (Å²) in [7, 11) is 0. The van der Waals surface area contributed by atoms with Crippen molar-refractivity contribution in [3.8, 4) is 23.0 Å². The van der Waals surface area contributed by atoms with Gasteiger partial charge >= 0.3 is 11.3 Å². The minimum atomic E-state index is -0.948. The third-order valence-corrected chi connectivity index (χ3v) is 13.3. The second-order valence-corrected chi connectivity index (χ2v) is 19.5. The van der Waals surface area contributed by atoms with Crippen molar-refractivity contribution in [1.82, 2.24) is 0 Å². The van der Waals surface area contributed by atoms with Gasteiger partial charge < -0.3 is 33.3 Å². The van der Waals surface area contributed by atoms with E-state index in [0.717, 1.165) is 0 Å². The lowest BCUT2D eigenvalue weighted by atomic mass is 9.64. The molecular weight excluding hydrogens is 721 g/mol. The molecule has 1 fully saturated rings. The first-order valence-corrected chi connectivity index (χ1v) is 19.6. The molecule has 0 bridgehead atoms. The van der Waals surface area contributed by atoms with E-state index < -0.39 is 68.2 Å². The van der Waals surface area contributed by atoms with E-state index in [0.29, 0.717) is 55.7 Å². The fourth-order valence-corrected chi connectivity index (χ4v) is 9.33. The van der Waals surface area contributed by atoms with Gasteiger partial charge in [-0.1, -0.05) is 79.7 Å². The van der Waals surface area contributed by atoms with Gasteiger partial charge in [-0.2, -0.15) is 0 Å². The smallest absolute Gasteiger partial charge is 0.340 e. The normalized spacial score (nSPS) is 22.4. The Morgan fingerprint density at radius 1 is 0.579 bits per heavy atom. The molecule has 4 aromatic rings. The summed E-state index contributed by atoms with van der Waals surface area (Å²) < 4.78 is 33.7. The summed E-state index contributed by atoms with van der Waals surface area (Å²) in [5.74, 6) is -0.438. The lowest BCUT2D eigenvalue weighted by molar-refractivity contribution is -0.0705. The van der Waals surface area contributed by atoms with Crippen LogP contribution in [0.3, 0.4) is 0 Å². The van der Waals surface area contributed by atoms with Crippen molar-refractivity contribution in [3.05, 3.63) is 117 Å². The van der Waals surface area contributed by atoms with Gasteiger partial charge in [0.15, 0.2) is 0 Å². The molecule has 7 rings (SSSR count). The van der Waals surface area contributed by atoms with E-state index in [1.54, 1.807) is 36.4 Å². The molecule has 0 saturated carbocycles. The summed E-state index contributed by atoms with van der Waals surface area (Å²) in [6.07, 6.45) is 5.30. The number of hydrogen-bond donors (Lipinski definition) is 2. The van der Waals surface area contributed by atoms with Crippen molar-refractivity contribution in [3.63, 3.8) is 0 Å². The number of phenols is 2. The van der Waals surface area contributed by atoms with Crippen molar-refractivity contribution < 1.29 is 33.3 Å². The molecule has 1 saturated heterocycles. The van der Waals surface area contributed by atoms with E-state index >= 15 is 0 Å². The van der Waals surface area contributed by atoms with Gasteiger partial charge in [-0.15, -0.1) is 26.3 Å². The zero-order chi connectivity index (χ0) is 42.3. The SMILES string of the molecule is C=CC(C)(C)c1cc2c(O)c3c(c(C(C)(C)C=C)c2oc1=O)OC(C)(C)[C@H]1[C@H]2[C@@H](O[C@H]31)c1c(c(C(C)(C)C=C)c3oc(=O)c(C(C)(C)C=C)cc3c1O)OC2(C)C. The highest BCUT2D eigenvalue weighted by Gasteiger charge is 2.65. The summed E-state index contributed by atoms with van der Waals surface area (Å²) in [6.45, 7) is 39.3. The van der Waals surface area contributed by atoms with Crippen LogP contribution in [-0.4, -0.2) is 21.4 Å². The second kappa shape index (κ2) is 12.2. The molecule has 0 radical (unpaired) electrons. The molecule has 5 heterocycles. The first kappa shape index (κ1) is 40.2. The topological polar surface area (TPSA) is 129 Å². The van der Waals surface area contributed by atoms with Crippen LogP contribution < -0.4 is 20.7 Å². The van der Waals surface area contributed by atoms with Gasteiger partial charge in [0.2, 0.25) is 0 Å². The van der Waals surface area contributed by atoms with Crippen LogP contribution in [-0.2, 0) is 26.4 Å². The van der Waals surface area contributed by atoms with E-state index in [9.17, 15) is 19.8 Å². The van der Waals surface area contributed by atoms with Crippen molar-refractivity contribution in [2.24, 2.45) is 11.8 Å². The molecule has 0 aliphatic carbocycles. The maximum absolute atomic E-state index is 13.7. The first-order chi connectivity index (χ1) is 26.2. The highest BCUT2D eigenvalue weighted by atomic mass is 16.6. The van der Waals surface area contributed by atoms with Crippen molar-refractivity contribution in [1.29, 1.82) is 0 Å². The number of hydrogen-bond acceptors (Lipinski definition) is 9. The van der Waals surface area contributed by atoms with Gasteiger partial charge in [-0.25, -0.2) is 9.59 Å². The first-order valence-electron chi connectivity index (χ1n) is 19.6. The number of phenolic OH excluding ortho intramolecular Hbond substituents is 2. The van der Waals surface area contributed by atoms with Crippen LogP contribution in [0.2, 0.25) is 0 Å². The predicted octanol–water partition coefficient (Wildman–Crippen LogP) is 10.6. The highest BCUT2D eigenvalue weighted by molar-refractivity contribution is 5.94. The Kier molecular flexibility index (Phi) is 8.63. The molecule has 9 nitrogen and oxygen atoms in total. The Bertz CT molecular complexity index is 2390. The van der Waals surface area contributed by atoms with Crippen LogP contribution in [0.4, 0.5) is 0 Å². The number of allylic oxidation sites excluding steroid dienone is 4. The van der Waals surface area contributed by atoms with Crippen molar-refractivity contribution >= 4 is 21.9 Å². The summed E-state index contributed by atoms with van der Waals surface area (Å²) in [5, 5.41) is 25.7. The Hall–Kier alpha value is -5.02. The predicted molar refractivity (Wildman–Crippen MR) is 224 cm³/mol. The molecule has 4 atom stereocenters. The van der Waals surface area contributed by atoms with Crippen LogP contribution in [0.1, 0.15) is 129 Å². The highest BCUT2D eigenvalue weighted by Crippen LogP contribution is 2.69. The minimum Gasteiger partial charge on any atom is -0.507 e. The van der Waals surface area contributed by atoms with Crippen LogP contribution >= 0.6 is 0 Å². The lowest BCUT2D eigenvalue weighted by Crippen LogP contribution is -2.54. The van der Waals surface area contributed by atoms with E-state index in [4.69, 9.17) is 23.0 Å². The Labute approximate surface area is 334 Å². The molecular formula is C48H56O9. The van der Waals surface area contributed by atoms with Crippen LogP contribution in [0.15, 0.2) is 81.2 Å². The monoisotopic (exact) mass is 776 g/mol. The van der Waals surface area contributed by atoms with Crippen molar-refractivity contribution in [2.75, 3.05) is 0 Å². The van der Waals surface area contributed by atoms with E-state index in [2.05, 4.69) is 26.3 Å². The molecule has 3 aliphatic rings. The summed E-state index contributed by atoms with van der Waals surface area (Å²) in [4.78, 5) is 27.3. The third kappa shape index (κ3) is 5.51. The molecule has 57 heavy (non-hydrogen) atoms. The van der Waals surface area contributed by atoms with E-state index in [1.165, 1.54) is 0 Å². The zero-order valence-corrected chi connectivity index (χ0v) is 35.4. The molecule has 3 aliphatic heterocycles. The largest absolute Gasteiger partial charge is 0.507 e. The molecule has 2 N–H and O–H groups in total. The fourth-order valence-electron chi connectivity index (χ4n) is 9.33. The van der Waals surface area contributed by atoms with Gasteiger partial charge in [0.05, 0.1) is 34.1 Å². The average molecular weight is 777 g/mol. The Balaban J connectivity index is 1.59. The van der Waals surface area contributed by atoms with Crippen LogP contribution in [0.25, 0.3) is 21.9 Å². The fraction of sp³-hybridized carbons (Fsp3) is 0.458. The van der Waals surface area contributed by atoms with Gasteiger partial charge in [-0.3, -0.25) is 0 Å². The summed E-state index contributed by atoms with van der Waals surface area (Å²) in [6, 6.07) is 3.36. The number of fused-ring (bicyclic) bond motifs is 9. The van der Waals surface area contributed by atoms with Gasteiger partial charge in [0.25, 0.3) is 0 Å². The lowest BCUT2D eigenvalue weighted by Gasteiger charge is -2.50. The maximum atomic E-state index is 13.7. The summed E-state index contributed by atoms with van der Waals surface area (Å²) >= 11 is 0. The third-order valence-electron chi connectivity index (χ3n) is 13.3. The average Bonchev–Trinajstić information content (AvgIpc) is 3.53. The molecule has 2 aromatic heterocycles. The molecule has 0 spiro atoms. The maximum Gasteiger partial charge on any atom is 0.340 e. The molecule has 302 valence electrons. The van der Waals surface area contributed by atoms with Gasteiger partial charge in [0.1, 0.15) is 45.4 Å². The van der Waals surface area contributed by atoms with E-state index in [1.807, 2.05) is 83.1 Å². The van der Waals surface area contributed by atoms with Gasteiger partial charge in [-0.05, 0) is 39.8 Å². The van der Waals surface area contributed by atoms with E-state index in [-0.39, 0.29) is 22.7 Å². The quantitative estimate of drug-likeness (QED) is 0.133. The van der Waals surface area contributed by atoms with Crippen molar-refractivity contribution in [2.45, 2.75) is 128 Å². The Morgan fingerprint density at radius 2 is 0.895 bits per heavy atom. The Morgan fingerprint density at radius 3 is 1.19 bits per heavy atom. The number of rotatable bonds is 8. The zero-order valence-electron chi connectivity index (χ0n) is 35.4. The van der Waals surface area contributed by atoms with Crippen LogP contribution in [0, 0.1) is 11.8 Å². The number of benzene rings is 2. The van der Waals surface area contributed by atoms with Gasteiger partial charge in [0, 0.05) is 55.7 Å². The molecule has 0 unspecified atom stereocenters. The number of ether oxygens (including phenoxy) is 3. The minimum absolute atomic E-state index is 0.133. The summed E-state index contributed by atoms with van der Waals surface area (Å²) in [5.41, 5.74) is -3.13. The molecule has 2 aromatic carbocycles. The number of aromatic hydroxyl groups is 2. The molecule has 9 heteroatoms. The van der Waals surface area contributed by atoms with Crippen LogP contribution in [0.5, 0.6) is 23.0 Å². The standard InChI is InChI=1S/C48H56O9/c1-17-43(5,6)25-21-23-33(49)27-37-29(47(13,14)56-39(27)31(45(9,10)19-3)35(23)54-41(25)51)30-38(53-37)28-34(50)24-22-26(44(7,8)18-2)42(52)55-36(24)32(46(11,12)20-4)40(28)57-48(30,15)16/h17-22,29-30,37-38,49-50H,1-4H2,5-16H3/t29-,30-,37-,38+/m0/s1. The second-order valence-electron chi connectivity index (χ2n) is 19.5.